The van der Waals surface area contributed by atoms with Crippen molar-refractivity contribution in [3.63, 3.8) is 0 Å². The van der Waals surface area contributed by atoms with Crippen LogP contribution < -0.4 is 10.6 Å². The van der Waals surface area contributed by atoms with Crippen LogP contribution in [0.1, 0.15) is 30.9 Å². The molecule has 0 radical (unpaired) electrons. The van der Waals surface area contributed by atoms with Crippen molar-refractivity contribution in [2.45, 2.75) is 38.8 Å². The maximum absolute atomic E-state index is 12.5. The molecule has 0 spiro atoms. The summed E-state index contributed by atoms with van der Waals surface area (Å²) in [6.07, 6.45) is 6.52. The molecule has 7 nitrogen and oxygen atoms in total. The van der Waals surface area contributed by atoms with Gasteiger partial charge in [0.25, 0.3) is 11.1 Å². The summed E-state index contributed by atoms with van der Waals surface area (Å²) in [5, 5.41) is 5.82. The number of para-hydroxylation sites is 1. The molecule has 2 fully saturated rings. The Morgan fingerprint density at radius 3 is 2.97 bits per heavy atom. The molecule has 8 heteroatoms. The summed E-state index contributed by atoms with van der Waals surface area (Å²) >= 11 is 0.891. The molecule has 2 N–H and O–H groups in total. The van der Waals surface area contributed by atoms with Gasteiger partial charge in [-0.05, 0) is 42.7 Å². The van der Waals surface area contributed by atoms with E-state index in [1.807, 2.05) is 29.0 Å². The van der Waals surface area contributed by atoms with Crippen molar-refractivity contribution in [3.8, 4) is 0 Å². The third kappa shape index (κ3) is 4.23. The predicted molar refractivity (Wildman–Crippen MR) is 112 cm³/mol. The SMILES string of the molecule is CCc1cccc2c(/C=C3\SC(=O)NC3=O)cn(CC(=O)NC[C@@H]3CCCO3)c12. The lowest BCUT2D eigenvalue weighted by Gasteiger charge is -2.12. The lowest BCUT2D eigenvalue weighted by atomic mass is 10.1. The fraction of sp³-hybridized carbons (Fsp3) is 0.381. The van der Waals surface area contributed by atoms with E-state index in [1.165, 1.54) is 0 Å². The van der Waals surface area contributed by atoms with Crippen molar-refractivity contribution >= 4 is 45.8 Å². The second-order valence-corrected chi connectivity index (χ2v) is 8.19. The van der Waals surface area contributed by atoms with E-state index in [0.29, 0.717) is 11.4 Å². The number of carbonyl (C=O) groups excluding carboxylic acids is 3. The van der Waals surface area contributed by atoms with Crippen LogP contribution in [0.5, 0.6) is 0 Å². The maximum atomic E-state index is 12.5. The molecule has 29 heavy (non-hydrogen) atoms. The van der Waals surface area contributed by atoms with E-state index in [2.05, 4.69) is 17.6 Å². The Balaban J connectivity index is 1.62. The Morgan fingerprint density at radius 2 is 2.28 bits per heavy atom. The van der Waals surface area contributed by atoms with Gasteiger partial charge in [0.15, 0.2) is 0 Å². The van der Waals surface area contributed by atoms with Gasteiger partial charge in [0, 0.05) is 30.3 Å². The number of hydrogen-bond donors (Lipinski definition) is 2. The molecular weight excluding hydrogens is 390 g/mol. The molecule has 2 aliphatic rings. The zero-order valence-corrected chi connectivity index (χ0v) is 17.0. The van der Waals surface area contributed by atoms with E-state index in [9.17, 15) is 14.4 Å². The van der Waals surface area contributed by atoms with E-state index < -0.39 is 0 Å². The fourth-order valence-electron chi connectivity index (χ4n) is 3.80. The number of ether oxygens (including phenoxy) is 1. The smallest absolute Gasteiger partial charge is 0.290 e. The van der Waals surface area contributed by atoms with E-state index >= 15 is 0 Å². The fourth-order valence-corrected chi connectivity index (χ4v) is 4.47. The van der Waals surface area contributed by atoms with Crippen LogP contribution in [0.2, 0.25) is 0 Å². The number of thioether (sulfide) groups is 1. The maximum Gasteiger partial charge on any atom is 0.290 e. The zero-order valence-electron chi connectivity index (χ0n) is 16.2. The number of aryl methyl sites for hydroxylation is 1. The first-order chi connectivity index (χ1) is 14.0. The summed E-state index contributed by atoms with van der Waals surface area (Å²) in [5.41, 5.74) is 2.91. The van der Waals surface area contributed by atoms with Gasteiger partial charge < -0.3 is 14.6 Å². The molecule has 1 atom stereocenters. The van der Waals surface area contributed by atoms with Crippen LogP contribution in [0.15, 0.2) is 29.3 Å². The Labute approximate surface area is 172 Å². The molecule has 3 amide bonds. The summed E-state index contributed by atoms with van der Waals surface area (Å²) in [6, 6.07) is 5.99. The molecule has 1 aromatic carbocycles. The number of aromatic nitrogens is 1. The minimum Gasteiger partial charge on any atom is -0.376 e. The van der Waals surface area contributed by atoms with Gasteiger partial charge in [0.1, 0.15) is 6.54 Å². The highest BCUT2D eigenvalue weighted by Gasteiger charge is 2.26. The van der Waals surface area contributed by atoms with Crippen LogP contribution in [0.3, 0.4) is 0 Å². The average Bonchev–Trinajstić information content (AvgIpc) is 3.41. The molecule has 4 rings (SSSR count). The number of nitrogens with zero attached hydrogens (tertiary/aromatic N) is 1. The number of carbonyl (C=O) groups is 3. The molecule has 2 aliphatic heterocycles. The molecule has 1 aromatic heterocycles. The third-order valence-corrected chi connectivity index (χ3v) is 6.00. The highest BCUT2D eigenvalue weighted by atomic mass is 32.2. The number of hydrogen-bond acceptors (Lipinski definition) is 5. The van der Waals surface area contributed by atoms with E-state index in [0.717, 1.165) is 59.7 Å². The summed E-state index contributed by atoms with van der Waals surface area (Å²) in [5.74, 6) is -0.465. The molecule has 2 aromatic rings. The van der Waals surface area contributed by atoms with Gasteiger partial charge >= 0.3 is 0 Å². The number of benzene rings is 1. The Hall–Kier alpha value is -2.58. The third-order valence-electron chi connectivity index (χ3n) is 5.19. The average molecular weight is 413 g/mol. The van der Waals surface area contributed by atoms with Gasteiger partial charge in [0.05, 0.1) is 16.5 Å². The van der Waals surface area contributed by atoms with Crippen molar-refractivity contribution in [2.75, 3.05) is 13.2 Å². The Kier molecular flexibility index (Phi) is 5.73. The largest absolute Gasteiger partial charge is 0.376 e. The molecule has 2 saturated heterocycles. The predicted octanol–water partition coefficient (Wildman–Crippen LogP) is 2.82. The van der Waals surface area contributed by atoms with Crippen LogP contribution in [0.4, 0.5) is 4.79 Å². The van der Waals surface area contributed by atoms with E-state index in [-0.39, 0.29) is 29.7 Å². The van der Waals surface area contributed by atoms with Crippen molar-refractivity contribution in [3.05, 3.63) is 40.4 Å². The van der Waals surface area contributed by atoms with Crippen LogP contribution in [0, 0.1) is 0 Å². The molecule has 3 heterocycles. The van der Waals surface area contributed by atoms with Crippen LogP contribution in [-0.2, 0) is 27.3 Å². The molecule has 0 saturated carbocycles. The standard InChI is InChI=1S/C21H23N3O4S/c1-2-13-5-3-7-16-14(9-17-20(26)23-21(27)29-17)11-24(19(13)16)12-18(25)22-10-15-6-4-8-28-15/h3,5,7,9,11,15H,2,4,6,8,10,12H2,1H3,(H,22,25)(H,23,26,27)/b17-9-/t15-/m0/s1. The van der Waals surface area contributed by atoms with Crippen molar-refractivity contribution < 1.29 is 19.1 Å². The zero-order chi connectivity index (χ0) is 20.4. The number of amides is 3. The van der Waals surface area contributed by atoms with Gasteiger partial charge in [-0.15, -0.1) is 0 Å². The van der Waals surface area contributed by atoms with Gasteiger partial charge in [-0.3, -0.25) is 19.7 Å². The van der Waals surface area contributed by atoms with E-state index in [4.69, 9.17) is 4.74 Å². The molecule has 0 unspecified atom stereocenters. The molecular formula is C21H23N3O4S. The molecule has 0 bridgehead atoms. The lowest BCUT2D eigenvalue weighted by molar-refractivity contribution is -0.122. The highest BCUT2D eigenvalue weighted by molar-refractivity contribution is 8.18. The van der Waals surface area contributed by atoms with Crippen LogP contribution in [0.25, 0.3) is 17.0 Å². The lowest BCUT2D eigenvalue weighted by Crippen LogP contribution is -2.34. The minimum atomic E-state index is -0.387. The minimum absolute atomic E-state index is 0.0781. The normalized spacial score (nSPS) is 20.6. The Morgan fingerprint density at radius 1 is 1.41 bits per heavy atom. The van der Waals surface area contributed by atoms with Gasteiger partial charge in [-0.25, -0.2) is 0 Å². The first-order valence-corrected chi connectivity index (χ1v) is 10.6. The molecule has 152 valence electrons. The summed E-state index contributed by atoms with van der Waals surface area (Å²) < 4.78 is 7.48. The monoisotopic (exact) mass is 413 g/mol. The second kappa shape index (κ2) is 8.42. The van der Waals surface area contributed by atoms with Crippen molar-refractivity contribution in [1.29, 1.82) is 0 Å². The van der Waals surface area contributed by atoms with Crippen LogP contribution >= 0.6 is 11.8 Å². The van der Waals surface area contributed by atoms with Gasteiger partial charge in [0.2, 0.25) is 5.91 Å². The van der Waals surface area contributed by atoms with Gasteiger partial charge in [-0.2, -0.15) is 0 Å². The summed E-state index contributed by atoms with van der Waals surface area (Å²) in [7, 11) is 0. The molecule has 0 aliphatic carbocycles. The summed E-state index contributed by atoms with van der Waals surface area (Å²) in [4.78, 5) is 36.3. The summed E-state index contributed by atoms with van der Waals surface area (Å²) in [6.45, 7) is 3.53. The number of rotatable bonds is 6. The number of imide groups is 1. The first kappa shape index (κ1) is 19.7. The van der Waals surface area contributed by atoms with E-state index in [1.54, 1.807) is 6.08 Å². The topological polar surface area (TPSA) is 89.4 Å². The van der Waals surface area contributed by atoms with Gasteiger partial charge in [-0.1, -0.05) is 25.1 Å². The number of nitrogens with one attached hydrogen (secondary N) is 2. The van der Waals surface area contributed by atoms with Crippen molar-refractivity contribution in [1.82, 2.24) is 15.2 Å². The number of fused-ring (bicyclic) bond motifs is 1. The highest BCUT2D eigenvalue weighted by Crippen LogP contribution is 2.31. The quantitative estimate of drug-likeness (QED) is 0.711. The second-order valence-electron chi connectivity index (χ2n) is 7.17. The van der Waals surface area contributed by atoms with Crippen LogP contribution in [-0.4, -0.2) is 40.9 Å². The van der Waals surface area contributed by atoms with Crippen molar-refractivity contribution in [2.24, 2.45) is 0 Å². The Bertz CT molecular complexity index is 1000. The first-order valence-electron chi connectivity index (χ1n) is 9.79.